The molecule has 0 saturated carbocycles. The van der Waals surface area contributed by atoms with Crippen molar-refractivity contribution >= 4 is 25.9 Å². The maximum atomic E-state index is 4.00. The molecule has 2 aromatic rings. The van der Waals surface area contributed by atoms with Crippen LogP contribution in [-0.4, -0.2) is 0 Å². The van der Waals surface area contributed by atoms with Crippen LogP contribution in [0.4, 0.5) is 0 Å². The standard InChI is InChI=1S/C14H14S.BrH.Cu/c1-3-7-13(8-4-1)11-15-12-14-9-5-2-6-10-14;;/h1-10H,11-12H2;1H;/q;;+1. The molecule has 0 aliphatic carbocycles. The third-order valence-corrected chi connectivity index (χ3v) is 3.45. The first-order valence-corrected chi connectivity index (χ1v) is 8.87. The average Bonchev–Trinajstić information content (AvgIpc) is 2.43. The Morgan fingerprint density at radius 2 is 1.06 bits per heavy atom. The van der Waals surface area contributed by atoms with Gasteiger partial charge >= 0.3 is 28.3 Å². The number of thiol groups is 1. The Labute approximate surface area is 123 Å². The van der Waals surface area contributed by atoms with Crippen molar-refractivity contribution in [1.29, 1.82) is 0 Å². The van der Waals surface area contributed by atoms with Gasteiger partial charge in [0, 0.05) is 11.1 Å². The predicted octanol–water partition coefficient (Wildman–Crippen LogP) is 4.04. The molecule has 17 heavy (non-hydrogen) atoms. The van der Waals surface area contributed by atoms with Gasteiger partial charge in [-0.05, 0) is 11.8 Å². The summed E-state index contributed by atoms with van der Waals surface area (Å²) in [6.45, 7) is 0. The molecule has 0 radical (unpaired) electrons. The Morgan fingerprint density at radius 1 is 0.706 bits per heavy atom. The van der Waals surface area contributed by atoms with E-state index in [9.17, 15) is 0 Å². The summed E-state index contributed by atoms with van der Waals surface area (Å²) in [5.74, 6) is 2.30. The zero-order valence-corrected chi connectivity index (χ0v) is 12.7. The van der Waals surface area contributed by atoms with Crippen molar-refractivity contribution in [1.82, 2.24) is 0 Å². The Balaban J connectivity index is 0.000000686. The molecule has 0 amide bonds. The van der Waals surface area contributed by atoms with Crippen LogP contribution in [0.5, 0.6) is 0 Å². The smallest absolute Gasteiger partial charge is 0.0622 e. The normalized spacial score (nSPS) is 9.35. The molecular weight excluding hydrogens is 344 g/mol. The van der Waals surface area contributed by atoms with E-state index in [-0.39, 0.29) is 0 Å². The number of hydrogen-bond acceptors (Lipinski definition) is 0. The average molecular weight is 359 g/mol. The summed E-state index contributed by atoms with van der Waals surface area (Å²) in [5.41, 5.74) is 2.85. The molecule has 94 valence electrons. The fourth-order valence-corrected chi connectivity index (χ4v) is 2.53. The van der Waals surface area contributed by atoms with Gasteiger partial charge in [0.15, 0.2) is 0 Å². The molecule has 0 aliphatic rings. The quantitative estimate of drug-likeness (QED) is 0.439. The number of rotatable bonds is 4. The monoisotopic (exact) mass is 357 g/mol. The molecule has 2 rings (SSSR count). The van der Waals surface area contributed by atoms with Gasteiger partial charge in [-0.15, -0.1) is 0 Å². The second-order valence-corrected chi connectivity index (χ2v) is 4.59. The third kappa shape index (κ3) is 6.32. The molecule has 0 aliphatic heterocycles. The van der Waals surface area contributed by atoms with Gasteiger partial charge in [0.25, 0.3) is 0 Å². The molecule has 0 unspecified atom stereocenters. The van der Waals surface area contributed by atoms with Crippen LogP contribution in [0.25, 0.3) is 0 Å². The fraction of sp³-hybridized carbons (Fsp3) is 0.143. The Morgan fingerprint density at radius 3 is 1.41 bits per heavy atom. The van der Waals surface area contributed by atoms with Crippen molar-refractivity contribution in [2.45, 2.75) is 11.5 Å². The molecule has 0 spiro atoms. The molecule has 0 N–H and O–H groups in total. The van der Waals surface area contributed by atoms with E-state index < -0.39 is 0 Å². The van der Waals surface area contributed by atoms with Crippen LogP contribution >= 0.6 is 14.1 Å². The van der Waals surface area contributed by atoms with Crippen molar-refractivity contribution in [3.05, 3.63) is 71.8 Å². The van der Waals surface area contributed by atoms with Gasteiger partial charge in [0.1, 0.15) is 11.5 Å². The number of hydrogen-bond donors (Lipinski definition) is 0. The van der Waals surface area contributed by atoms with Crippen molar-refractivity contribution in [3.63, 3.8) is 0 Å². The molecule has 0 atom stereocenters. The van der Waals surface area contributed by atoms with Crippen LogP contribution in [0.15, 0.2) is 60.7 Å². The molecule has 0 saturated heterocycles. The van der Waals surface area contributed by atoms with Crippen LogP contribution in [0.1, 0.15) is 11.1 Å². The zero-order chi connectivity index (χ0) is 12.3. The summed E-state index contributed by atoms with van der Waals surface area (Å²) in [6.07, 6.45) is 0. The summed E-state index contributed by atoms with van der Waals surface area (Å²) in [6, 6.07) is 21.3. The second-order valence-electron chi connectivity index (χ2n) is 3.51. The van der Waals surface area contributed by atoms with Gasteiger partial charge in [-0.2, -0.15) is 0 Å². The Bertz CT molecular complexity index is 352. The molecule has 0 aromatic heterocycles. The third-order valence-electron chi connectivity index (χ3n) is 2.27. The van der Waals surface area contributed by atoms with Crippen molar-refractivity contribution < 1.29 is 14.2 Å². The van der Waals surface area contributed by atoms with Crippen LogP contribution in [0.3, 0.4) is 0 Å². The van der Waals surface area contributed by atoms with Crippen molar-refractivity contribution in [2.75, 3.05) is 0 Å². The second kappa shape index (κ2) is 9.78. The first-order valence-electron chi connectivity index (χ1n) is 5.27. The summed E-state index contributed by atoms with van der Waals surface area (Å²) < 4.78 is 0. The van der Waals surface area contributed by atoms with E-state index >= 15 is 0 Å². The SMILES string of the molecule is [Cu][Br].c1ccc(C[SH+]Cc2ccccc2)cc1. The molecular formula is C14H15BrCuS+. The van der Waals surface area contributed by atoms with E-state index in [1.807, 2.05) is 0 Å². The topological polar surface area (TPSA) is 0 Å². The largest absolute Gasteiger partial charge is 0.131 e. The van der Waals surface area contributed by atoms with Crippen LogP contribution < -0.4 is 0 Å². The van der Waals surface area contributed by atoms with Gasteiger partial charge in [0.2, 0.25) is 0 Å². The predicted molar refractivity (Wildman–Crippen MR) is 78.0 cm³/mol. The van der Waals surface area contributed by atoms with Crippen molar-refractivity contribution in [2.24, 2.45) is 0 Å². The maximum absolute atomic E-state index is 4.00. The van der Waals surface area contributed by atoms with E-state index in [0.717, 1.165) is 11.5 Å². The Kier molecular flexibility index (Phi) is 8.54. The van der Waals surface area contributed by atoms with Crippen LogP contribution in [0.2, 0.25) is 0 Å². The van der Waals surface area contributed by atoms with E-state index in [0.29, 0.717) is 0 Å². The number of halogens is 1. The van der Waals surface area contributed by atoms with Gasteiger partial charge in [-0.1, -0.05) is 60.7 Å². The minimum Gasteiger partial charge on any atom is -0.0622 e. The summed E-state index contributed by atoms with van der Waals surface area (Å²) in [5, 5.41) is 0. The minimum atomic E-state index is 1.15. The van der Waals surface area contributed by atoms with Gasteiger partial charge in [-0.25, -0.2) is 0 Å². The first kappa shape index (κ1) is 14.8. The fourth-order valence-electron chi connectivity index (χ4n) is 1.48. The summed E-state index contributed by atoms with van der Waals surface area (Å²) >= 11 is 7.97. The van der Waals surface area contributed by atoms with E-state index in [4.69, 9.17) is 0 Å². The van der Waals surface area contributed by atoms with E-state index in [1.165, 1.54) is 22.9 Å². The number of benzene rings is 2. The van der Waals surface area contributed by atoms with E-state index in [2.05, 4.69) is 89.0 Å². The summed E-state index contributed by atoms with van der Waals surface area (Å²) in [4.78, 5) is 0. The van der Waals surface area contributed by atoms with Gasteiger partial charge in [0.05, 0.1) is 0 Å². The Hall–Kier alpha value is -0.211. The molecule has 0 nitrogen and oxygen atoms in total. The van der Waals surface area contributed by atoms with E-state index in [1.54, 1.807) is 0 Å². The summed E-state index contributed by atoms with van der Waals surface area (Å²) in [7, 11) is 0. The molecule has 0 bridgehead atoms. The molecule has 3 heteroatoms. The van der Waals surface area contributed by atoms with Crippen LogP contribution in [0, 0.1) is 0 Å². The van der Waals surface area contributed by atoms with Gasteiger partial charge in [-0.3, -0.25) is 0 Å². The molecule has 2 aromatic carbocycles. The zero-order valence-electron chi connectivity index (χ0n) is 9.31. The molecule has 0 heterocycles. The first-order chi connectivity index (χ1) is 8.45. The van der Waals surface area contributed by atoms with Crippen molar-refractivity contribution in [3.8, 4) is 0 Å². The van der Waals surface area contributed by atoms with Crippen LogP contribution in [-0.2, 0) is 37.5 Å². The minimum absolute atomic E-state index is 1.15. The maximum Gasteiger partial charge on any atom is 0.131 e. The molecule has 0 fully saturated rings. The van der Waals surface area contributed by atoms with Gasteiger partial charge < -0.3 is 0 Å².